The fraction of sp³-hybridized carbons (Fsp3) is 0.286. The molecule has 1 unspecified atom stereocenters. The molecule has 2 aromatic carbocycles. The molecular weight excluding hydrogens is 416 g/mol. The second-order valence-electron chi connectivity index (χ2n) is 6.16. The normalized spacial score (nSPS) is 11.4. The van der Waals surface area contributed by atoms with Gasteiger partial charge in [0.15, 0.2) is 30.6 Å². The highest BCUT2D eigenvalue weighted by atomic mass is 32.2. The van der Waals surface area contributed by atoms with Crippen LogP contribution in [0.25, 0.3) is 0 Å². The van der Waals surface area contributed by atoms with Gasteiger partial charge in [-0.3, -0.25) is 9.59 Å². The predicted octanol–water partition coefficient (Wildman–Crippen LogP) is 3.01. The number of rotatable bonds is 11. The third-order valence-corrected chi connectivity index (χ3v) is 4.57. The van der Waals surface area contributed by atoms with Crippen LogP contribution in [-0.2, 0) is 14.3 Å². The van der Waals surface area contributed by atoms with Crippen LogP contribution in [0.3, 0.4) is 0 Å². The summed E-state index contributed by atoms with van der Waals surface area (Å²) in [5, 5.41) is 2.53. The SMILES string of the molecule is CSCCC(NC(=O)COc1ccccc1)C(=O)OCC(=O)c1ccc(F)c(F)c1. The molecule has 0 saturated carbocycles. The summed E-state index contributed by atoms with van der Waals surface area (Å²) in [4.78, 5) is 36.5. The van der Waals surface area contributed by atoms with E-state index in [1.807, 2.05) is 12.3 Å². The van der Waals surface area contributed by atoms with Crippen LogP contribution in [0.5, 0.6) is 5.75 Å². The minimum Gasteiger partial charge on any atom is -0.484 e. The van der Waals surface area contributed by atoms with Crippen molar-refractivity contribution in [3.05, 3.63) is 65.7 Å². The number of esters is 1. The molecule has 0 fully saturated rings. The number of hydrogen-bond donors (Lipinski definition) is 1. The number of para-hydroxylation sites is 1. The first-order valence-corrected chi connectivity index (χ1v) is 10.4. The average Bonchev–Trinajstić information content (AvgIpc) is 2.75. The minimum absolute atomic E-state index is 0.123. The largest absolute Gasteiger partial charge is 0.484 e. The van der Waals surface area contributed by atoms with Crippen molar-refractivity contribution in [1.82, 2.24) is 5.32 Å². The van der Waals surface area contributed by atoms with Crippen molar-refractivity contribution in [1.29, 1.82) is 0 Å². The van der Waals surface area contributed by atoms with Crippen molar-refractivity contribution < 1.29 is 32.6 Å². The third-order valence-electron chi connectivity index (χ3n) is 3.93. The lowest BCUT2D eigenvalue weighted by Crippen LogP contribution is -2.44. The number of nitrogens with one attached hydrogen (secondary N) is 1. The fourth-order valence-electron chi connectivity index (χ4n) is 2.38. The van der Waals surface area contributed by atoms with Crippen molar-refractivity contribution in [3.8, 4) is 5.75 Å². The van der Waals surface area contributed by atoms with E-state index in [1.165, 1.54) is 11.8 Å². The topological polar surface area (TPSA) is 81.7 Å². The van der Waals surface area contributed by atoms with Crippen LogP contribution in [-0.4, -0.2) is 48.9 Å². The lowest BCUT2D eigenvalue weighted by atomic mass is 10.1. The quantitative estimate of drug-likeness (QED) is 0.430. The average molecular weight is 437 g/mol. The molecule has 2 aromatic rings. The van der Waals surface area contributed by atoms with Gasteiger partial charge in [0, 0.05) is 5.56 Å². The Morgan fingerprint density at radius 1 is 1.03 bits per heavy atom. The van der Waals surface area contributed by atoms with Gasteiger partial charge in [-0.1, -0.05) is 18.2 Å². The van der Waals surface area contributed by atoms with E-state index in [2.05, 4.69) is 5.32 Å². The molecular formula is C21H21F2NO5S. The standard InChI is InChI=1S/C21H21F2NO5S/c1-30-10-9-18(24-20(26)13-28-15-5-3-2-4-6-15)21(27)29-12-19(25)14-7-8-16(22)17(23)11-14/h2-8,11,18H,9-10,12-13H2,1H3,(H,24,26). The highest BCUT2D eigenvalue weighted by Crippen LogP contribution is 2.11. The number of ether oxygens (including phenoxy) is 2. The Morgan fingerprint density at radius 2 is 1.77 bits per heavy atom. The number of carbonyl (C=O) groups excluding carboxylic acids is 3. The van der Waals surface area contributed by atoms with Gasteiger partial charge < -0.3 is 14.8 Å². The number of halogens is 2. The Labute approximate surface area is 176 Å². The van der Waals surface area contributed by atoms with Gasteiger partial charge in [0.1, 0.15) is 11.8 Å². The molecule has 0 spiro atoms. The predicted molar refractivity (Wildman–Crippen MR) is 109 cm³/mol. The molecule has 30 heavy (non-hydrogen) atoms. The lowest BCUT2D eigenvalue weighted by molar-refractivity contribution is -0.147. The molecule has 0 aromatic heterocycles. The lowest BCUT2D eigenvalue weighted by Gasteiger charge is -2.17. The van der Waals surface area contributed by atoms with Gasteiger partial charge >= 0.3 is 5.97 Å². The maximum Gasteiger partial charge on any atom is 0.329 e. The monoisotopic (exact) mass is 437 g/mol. The zero-order valence-corrected chi connectivity index (χ0v) is 17.0. The maximum absolute atomic E-state index is 13.2. The smallest absolute Gasteiger partial charge is 0.329 e. The summed E-state index contributed by atoms with van der Waals surface area (Å²) in [7, 11) is 0. The Balaban J connectivity index is 1.89. The second kappa shape index (κ2) is 11.9. The summed E-state index contributed by atoms with van der Waals surface area (Å²) >= 11 is 1.47. The van der Waals surface area contributed by atoms with E-state index in [0.29, 0.717) is 11.5 Å². The zero-order valence-electron chi connectivity index (χ0n) is 16.2. The summed E-state index contributed by atoms with van der Waals surface area (Å²) in [6.07, 6.45) is 2.13. The van der Waals surface area contributed by atoms with E-state index in [0.717, 1.165) is 18.2 Å². The summed E-state index contributed by atoms with van der Waals surface area (Å²) < 4.78 is 36.5. The van der Waals surface area contributed by atoms with Gasteiger partial charge in [-0.15, -0.1) is 0 Å². The van der Waals surface area contributed by atoms with Crippen molar-refractivity contribution in [2.45, 2.75) is 12.5 Å². The maximum atomic E-state index is 13.2. The van der Waals surface area contributed by atoms with E-state index < -0.39 is 41.9 Å². The van der Waals surface area contributed by atoms with Crippen LogP contribution in [0.4, 0.5) is 8.78 Å². The molecule has 0 aliphatic rings. The van der Waals surface area contributed by atoms with Crippen LogP contribution < -0.4 is 10.1 Å². The molecule has 2 rings (SSSR count). The molecule has 0 radical (unpaired) electrons. The molecule has 1 amide bonds. The molecule has 0 aliphatic heterocycles. The molecule has 0 saturated heterocycles. The number of hydrogen-bond acceptors (Lipinski definition) is 6. The number of thioether (sulfide) groups is 1. The summed E-state index contributed by atoms with van der Waals surface area (Å²) in [5.74, 6) is -3.19. The fourth-order valence-corrected chi connectivity index (χ4v) is 2.85. The van der Waals surface area contributed by atoms with Crippen LogP contribution in [0.1, 0.15) is 16.8 Å². The van der Waals surface area contributed by atoms with Gasteiger partial charge in [-0.05, 0) is 48.8 Å². The number of Topliss-reactive ketones (excluding diaryl/α,β-unsaturated/α-hetero) is 1. The molecule has 0 heterocycles. The van der Waals surface area contributed by atoms with E-state index in [-0.39, 0.29) is 18.6 Å². The molecule has 1 N–H and O–H groups in total. The van der Waals surface area contributed by atoms with E-state index in [1.54, 1.807) is 24.3 Å². The van der Waals surface area contributed by atoms with E-state index in [9.17, 15) is 23.2 Å². The van der Waals surface area contributed by atoms with Crippen LogP contribution in [0.2, 0.25) is 0 Å². The second-order valence-corrected chi connectivity index (χ2v) is 7.15. The van der Waals surface area contributed by atoms with Gasteiger partial charge in [0.2, 0.25) is 0 Å². The number of ketones is 1. The van der Waals surface area contributed by atoms with Gasteiger partial charge in [-0.25, -0.2) is 13.6 Å². The Kier molecular flexibility index (Phi) is 9.27. The van der Waals surface area contributed by atoms with Gasteiger partial charge in [-0.2, -0.15) is 11.8 Å². The Bertz CT molecular complexity index is 879. The van der Waals surface area contributed by atoms with Gasteiger partial charge in [0.25, 0.3) is 5.91 Å². The highest BCUT2D eigenvalue weighted by Gasteiger charge is 2.23. The van der Waals surface area contributed by atoms with Crippen molar-refractivity contribution in [2.75, 3.05) is 25.2 Å². The van der Waals surface area contributed by atoms with Crippen LogP contribution >= 0.6 is 11.8 Å². The summed E-state index contributed by atoms with van der Waals surface area (Å²) in [5.41, 5.74) is -0.123. The summed E-state index contributed by atoms with van der Waals surface area (Å²) in [6, 6.07) is 10.4. The first-order valence-electron chi connectivity index (χ1n) is 9.01. The van der Waals surface area contributed by atoms with Crippen molar-refractivity contribution >= 4 is 29.4 Å². The first kappa shape index (κ1) is 23.3. The number of amides is 1. The highest BCUT2D eigenvalue weighted by molar-refractivity contribution is 7.98. The number of benzene rings is 2. The number of carbonyl (C=O) groups is 3. The molecule has 9 heteroatoms. The van der Waals surface area contributed by atoms with Crippen LogP contribution in [0.15, 0.2) is 48.5 Å². The first-order chi connectivity index (χ1) is 14.4. The van der Waals surface area contributed by atoms with Crippen molar-refractivity contribution in [2.24, 2.45) is 0 Å². The summed E-state index contributed by atoms with van der Waals surface area (Å²) in [6.45, 7) is -0.948. The minimum atomic E-state index is -1.17. The Morgan fingerprint density at radius 3 is 2.43 bits per heavy atom. The van der Waals surface area contributed by atoms with Gasteiger partial charge in [0.05, 0.1) is 0 Å². The Hall–Kier alpha value is -2.94. The van der Waals surface area contributed by atoms with E-state index >= 15 is 0 Å². The van der Waals surface area contributed by atoms with Crippen molar-refractivity contribution in [3.63, 3.8) is 0 Å². The third kappa shape index (κ3) is 7.47. The molecule has 0 bridgehead atoms. The molecule has 160 valence electrons. The van der Waals surface area contributed by atoms with Crippen LogP contribution in [0, 0.1) is 11.6 Å². The van der Waals surface area contributed by atoms with E-state index in [4.69, 9.17) is 9.47 Å². The molecule has 0 aliphatic carbocycles. The molecule has 1 atom stereocenters. The molecule has 6 nitrogen and oxygen atoms in total. The zero-order chi connectivity index (χ0) is 21.9.